The quantitative estimate of drug-likeness (QED) is 0.677. The second-order valence-electron chi connectivity index (χ2n) is 5.20. The van der Waals surface area contributed by atoms with Crippen molar-refractivity contribution in [2.24, 2.45) is 0 Å². The number of rotatable bonds is 5. The Morgan fingerprint density at radius 2 is 2.09 bits per heavy atom. The summed E-state index contributed by atoms with van der Waals surface area (Å²) < 4.78 is 5.55. The molecule has 1 unspecified atom stereocenters. The third-order valence-corrected chi connectivity index (χ3v) is 3.65. The molecule has 1 aromatic heterocycles. The molecule has 114 valence electrons. The first-order chi connectivity index (χ1) is 10.7. The molecule has 0 radical (unpaired) electrons. The van der Waals surface area contributed by atoms with E-state index in [1.54, 1.807) is 6.07 Å². The highest BCUT2D eigenvalue weighted by Gasteiger charge is 2.19. The molecule has 0 saturated carbocycles. The van der Waals surface area contributed by atoms with Gasteiger partial charge in [0, 0.05) is 24.8 Å². The average molecular weight is 299 g/mol. The molecule has 2 heterocycles. The molecule has 0 bridgehead atoms. The topological polar surface area (TPSA) is 77.3 Å². The lowest BCUT2D eigenvalue weighted by Crippen LogP contribution is -2.19. The zero-order valence-corrected chi connectivity index (χ0v) is 12.1. The lowest BCUT2D eigenvalue weighted by molar-refractivity contribution is -0.384. The lowest BCUT2D eigenvalue weighted by atomic mass is 10.1. The van der Waals surface area contributed by atoms with Gasteiger partial charge in [-0.3, -0.25) is 10.1 Å². The molecule has 1 fully saturated rings. The van der Waals surface area contributed by atoms with E-state index in [1.165, 1.54) is 6.07 Å². The highest BCUT2D eigenvalue weighted by Crippen LogP contribution is 2.29. The molecule has 0 aliphatic carbocycles. The monoisotopic (exact) mass is 299 g/mol. The van der Waals surface area contributed by atoms with E-state index >= 15 is 0 Å². The normalized spacial score (nSPS) is 17.4. The molecule has 1 aromatic carbocycles. The summed E-state index contributed by atoms with van der Waals surface area (Å²) in [7, 11) is 0. The lowest BCUT2D eigenvalue weighted by Gasteiger charge is -2.12. The summed E-state index contributed by atoms with van der Waals surface area (Å²) >= 11 is 0. The number of nitrogens with zero attached hydrogens (tertiary/aromatic N) is 2. The number of hydrogen-bond donors (Lipinski definition) is 1. The molecule has 1 N–H and O–H groups in total. The fourth-order valence-corrected chi connectivity index (χ4v) is 2.53. The first-order valence-corrected chi connectivity index (χ1v) is 7.30. The third-order valence-electron chi connectivity index (χ3n) is 3.65. The fraction of sp³-hybridized carbons (Fsp3) is 0.312. The number of anilines is 1. The minimum Gasteiger partial charge on any atom is -0.376 e. The Balaban J connectivity index is 1.85. The highest BCUT2D eigenvalue weighted by molar-refractivity contribution is 5.71. The summed E-state index contributed by atoms with van der Waals surface area (Å²) in [6.45, 7) is 1.47. The van der Waals surface area contributed by atoms with Gasteiger partial charge in [-0.15, -0.1) is 0 Å². The second-order valence-corrected chi connectivity index (χ2v) is 5.20. The molecule has 1 saturated heterocycles. The summed E-state index contributed by atoms with van der Waals surface area (Å²) in [5, 5.41) is 14.4. The van der Waals surface area contributed by atoms with E-state index in [4.69, 9.17) is 4.74 Å². The van der Waals surface area contributed by atoms with E-state index in [-0.39, 0.29) is 11.8 Å². The molecule has 3 rings (SSSR count). The largest absolute Gasteiger partial charge is 0.376 e. The van der Waals surface area contributed by atoms with E-state index in [1.807, 2.05) is 30.3 Å². The first kappa shape index (κ1) is 14.5. The minimum atomic E-state index is -0.404. The number of aromatic nitrogens is 1. The van der Waals surface area contributed by atoms with Crippen LogP contribution in [0.1, 0.15) is 12.8 Å². The van der Waals surface area contributed by atoms with Crippen LogP contribution in [0.15, 0.2) is 42.5 Å². The van der Waals surface area contributed by atoms with E-state index in [0.717, 1.165) is 25.0 Å². The Kier molecular flexibility index (Phi) is 4.29. The predicted octanol–water partition coefficient (Wildman–Crippen LogP) is 3.25. The molecule has 22 heavy (non-hydrogen) atoms. The van der Waals surface area contributed by atoms with Crippen molar-refractivity contribution < 1.29 is 9.66 Å². The van der Waals surface area contributed by atoms with Crippen LogP contribution in [0.25, 0.3) is 11.3 Å². The van der Waals surface area contributed by atoms with Crippen molar-refractivity contribution >= 4 is 11.5 Å². The highest BCUT2D eigenvalue weighted by atomic mass is 16.6. The number of nitrogens with one attached hydrogen (secondary N) is 1. The summed E-state index contributed by atoms with van der Waals surface area (Å²) in [5.74, 6) is 0.625. The van der Waals surface area contributed by atoms with Crippen molar-refractivity contribution in [3.05, 3.63) is 52.6 Å². The van der Waals surface area contributed by atoms with Gasteiger partial charge in [-0.2, -0.15) is 0 Å². The summed E-state index contributed by atoms with van der Waals surface area (Å²) in [6.07, 6.45) is 2.30. The Bertz CT molecular complexity index is 655. The second kappa shape index (κ2) is 6.53. The molecule has 1 aliphatic heterocycles. The molecule has 1 aliphatic rings. The Morgan fingerprint density at radius 3 is 2.77 bits per heavy atom. The minimum absolute atomic E-state index is 0.00821. The Labute approximate surface area is 128 Å². The van der Waals surface area contributed by atoms with Crippen LogP contribution in [-0.4, -0.2) is 29.2 Å². The van der Waals surface area contributed by atoms with E-state index in [2.05, 4.69) is 10.3 Å². The van der Waals surface area contributed by atoms with Crippen LogP contribution >= 0.6 is 0 Å². The van der Waals surface area contributed by atoms with Gasteiger partial charge in [-0.1, -0.05) is 30.3 Å². The zero-order chi connectivity index (χ0) is 15.4. The van der Waals surface area contributed by atoms with Crippen LogP contribution in [0.2, 0.25) is 0 Å². The van der Waals surface area contributed by atoms with Gasteiger partial charge in [0.1, 0.15) is 5.82 Å². The third kappa shape index (κ3) is 3.23. The van der Waals surface area contributed by atoms with Gasteiger partial charge in [-0.05, 0) is 18.9 Å². The Hall–Kier alpha value is -2.47. The van der Waals surface area contributed by atoms with Crippen LogP contribution < -0.4 is 5.32 Å². The van der Waals surface area contributed by atoms with Gasteiger partial charge in [0.15, 0.2) is 5.69 Å². The maximum absolute atomic E-state index is 11.2. The smallest absolute Gasteiger partial charge is 0.295 e. The van der Waals surface area contributed by atoms with Gasteiger partial charge in [0.2, 0.25) is 0 Å². The number of pyridine rings is 1. The van der Waals surface area contributed by atoms with Crippen LogP contribution in [-0.2, 0) is 4.74 Å². The number of ether oxygens (including phenoxy) is 1. The van der Waals surface area contributed by atoms with E-state index < -0.39 is 4.92 Å². The maximum atomic E-state index is 11.2. The molecule has 6 nitrogen and oxygen atoms in total. The summed E-state index contributed by atoms with van der Waals surface area (Å²) in [5.41, 5.74) is 1.12. The van der Waals surface area contributed by atoms with Crippen LogP contribution in [0.4, 0.5) is 11.5 Å². The van der Waals surface area contributed by atoms with Crippen LogP contribution in [0, 0.1) is 10.1 Å². The Morgan fingerprint density at radius 1 is 1.27 bits per heavy atom. The molecule has 2 aromatic rings. The first-order valence-electron chi connectivity index (χ1n) is 7.30. The van der Waals surface area contributed by atoms with Gasteiger partial charge in [0.05, 0.1) is 11.0 Å². The average Bonchev–Trinajstić information content (AvgIpc) is 3.07. The number of nitro groups is 1. The summed E-state index contributed by atoms with van der Waals surface area (Å²) in [4.78, 5) is 15.2. The predicted molar refractivity (Wildman–Crippen MR) is 83.8 cm³/mol. The molecule has 0 spiro atoms. The van der Waals surface area contributed by atoms with Gasteiger partial charge < -0.3 is 10.1 Å². The molecular weight excluding hydrogens is 282 g/mol. The fourth-order valence-electron chi connectivity index (χ4n) is 2.53. The van der Waals surface area contributed by atoms with Crippen molar-refractivity contribution in [1.29, 1.82) is 0 Å². The van der Waals surface area contributed by atoms with Crippen molar-refractivity contribution in [3.8, 4) is 11.3 Å². The molecule has 6 heteroatoms. The van der Waals surface area contributed by atoms with Gasteiger partial charge in [-0.25, -0.2) is 4.98 Å². The van der Waals surface area contributed by atoms with Gasteiger partial charge >= 0.3 is 0 Å². The van der Waals surface area contributed by atoms with Crippen molar-refractivity contribution in [2.75, 3.05) is 18.5 Å². The molecular formula is C16H17N3O3. The zero-order valence-electron chi connectivity index (χ0n) is 12.1. The van der Waals surface area contributed by atoms with Crippen LogP contribution in [0.3, 0.4) is 0 Å². The van der Waals surface area contributed by atoms with Gasteiger partial charge in [0.25, 0.3) is 5.69 Å². The standard InChI is InChI=1S/C16H17N3O3/c20-19(21)14-8-9-15(17-11-13-7-4-10-22-13)18-16(14)12-5-2-1-3-6-12/h1-3,5-6,8-9,13H,4,7,10-11H2,(H,17,18). The molecule has 0 amide bonds. The summed E-state index contributed by atoms with van der Waals surface area (Å²) in [6, 6.07) is 12.3. The van der Waals surface area contributed by atoms with E-state index in [0.29, 0.717) is 18.1 Å². The number of hydrogen-bond acceptors (Lipinski definition) is 5. The van der Waals surface area contributed by atoms with Crippen molar-refractivity contribution in [3.63, 3.8) is 0 Å². The molecule has 1 atom stereocenters. The number of benzene rings is 1. The SMILES string of the molecule is O=[N+]([O-])c1ccc(NCC2CCCO2)nc1-c1ccccc1. The van der Waals surface area contributed by atoms with Crippen molar-refractivity contribution in [2.45, 2.75) is 18.9 Å². The van der Waals surface area contributed by atoms with E-state index in [9.17, 15) is 10.1 Å². The maximum Gasteiger partial charge on any atom is 0.295 e. The van der Waals surface area contributed by atoms with Crippen molar-refractivity contribution in [1.82, 2.24) is 4.98 Å². The van der Waals surface area contributed by atoms with Crippen LogP contribution in [0.5, 0.6) is 0 Å².